The van der Waals surface area contributed by atoms with Gasteiger partial charge in [-0.05, 0) is 0 Å². The number of rotatable bonds is 5. The number of carboxylic acid groups (broad SMARTS) is 2. The third-order valence-corrected chi connectivity index (χ3v) is 2.52. The van der Waals surface area contributed by atoms with Crippen LogP contribution in [0.2, 0.25) is 0 Å². The minimum absolute atomic E-state index is 0. The third kappa shape index (κ3) is 17.1. The van der Waals surface area contributed by atoms with Crippen LogP contribution in [0.4, 0.5) is 0 Å². The van der Waals surface area contributed by atoms with Gasteiger partial charge in [0.15, 0.2) is 0 Å². The molecule has 0 atom stereocenters. The maximum absolute atomic E-state index is 9.74. The minimum atomic E-state index is -1.20. The molecule has 0 saturated carbocycles. The number of aliphatic carboxylic acids is 2. The van der Waals surface area contributed by atoms with E-state index >= 15 is 0 Å². The molecular weight excluding hydrogens is 190 g/mol. The minimum Gasteiger partial charge on any atom is -0.549 e. The monoisotopic (exact) mass is 194 g/mol. The first-order valence-electron chi connectivity index (χ1n) is 2.27. The molecule has 4 nitrogen and oxygen atoms in total. The molecule has 0 aliphatic rings. The van der Waals surface area contributed by atoms with E-state index in [4.69, 9.17) is 0 Å². The fourth-order valence-electron chi connectivity index (χ4n) is 0.180. The molecule has 0 aromatic carbocycles. The van der Waals surface area contributed by atoms with E-state index in [9.17, 15) is 19.8 Å². The van der Waals surface area contributed by atoms with Gasteiger partial charge < -0.3 is 19.8 Å². The van der Waals surface area contributed by atoms with Crippen molar-refractivity contribution in [2.75, 3.05) is 11.5 Å². The van der Waals surface area contributed by atoms with E-state index in [0.29, 0.717) is 0 Å². The molecule has 0 bridgehead atoms. The Labute approximate surface area is 102 Å². The fraction of sp³-hybridized carbons (Fsp3) is 0.500. The summed E-state index contributed by atoms with van der Waals surface area (Å²) in [5, 5.41) is 19.5. The summed E-state index contributed by atoms with van der Waals surface area (Å²) in [6.45, 7) is 0. The molecule has 0 unspecified atom stereocenters. The molecule has 0 fully saturated rings. The van der Waals surface area contributed by atoms with E-state index in [1.54, 1.807) is 0 Å². The van der Waals surface area contributed by atoms with E-state index in [-0.39, 0.29) is 49.2 Å². The first-order valence-corrected chi connectivity index (χ1v) is 4.76. The molecule has 0 heterocycles. The SMILES string of the molecule is O=C([O-])CSSCC(=O)[O-].[Li+].[Li+]. The number of carbonyl (C=O) groups is 2. The summed E-state index contributed by atoms with van der Waals surface area (Å²) in [7, 11) is 1.85. The molecule has 0 radical (unpaired) electrons. The number of hydrogen-bond donors (Lipinski definition) is 0. The zero-order valence-corrected chi connectivity index (χ0v) is 8.50. The molecule has 0 aromatic heterocycles. The second-order valence-electron chi connectivity index (χ2n) is 1.27. The van der Waals surface area contributed by atoms with Crippen molar-refractivity contribution < 1.29 is 57.5 Å². The Morgan fingerprint density at radius 2 is 1.17 bits per heavy atom. The van der Waals surface area contributed by atoms with E-state index < -0.39 is 11.9 Å². The van der Waals surface area contributed by atoms with Crippen LogP contribution in [-0.4, -0.2) is 23.4 Å². The molecule has 0 aliphatic heterocycles. The summed E-state index contributed by atoms with van der Waals surface area (Å²) < 4.78 is 0. The first kappa shape index (κ1) is 18.6. The van der Waals surface area contributed by atoms with Gasteiger partial charge in [-0.1, -0.05) is 21.6 Å². The molecule has 0 spiro atoms. The Morgan fingerprint density at radius 1 is 0.917 bits per heavy atom. The van der Waals surface area contributed by atoms with Gasteiger partial charge in [-0.25, -0.2) is 0 Å². The summed E-state index contributed by atoms with van der Waals surface area (Å²) in [5.74, 6) is -2.79. The van der Waals surface area contributed by atoms with Crippen LogP contribution in [0.25, 0.3) is 0 Å². The second kappa shape index (κ2) is 11.8. The van der Waals surface area contributed by atoms with Gasteiger partial charge in [-0.2, -0.15) is 0 Å². The van der Waals surface area contributed by atoms with Crippen molar-refractivity contribution >= 4 is 33.5 Å². The molecule has 0 aromatic rings. The quantitative estimate of drug-likeness (QED) is 0.245. The van der Waals surface area contributed by atoms with Crippen LogP contribution in [0.5, 0.6) is 0 Å². The molecule has 58 valence electrons. The molecular formula is C4H4Li2O4S2. The number of carboxylic acids is 2. The molecule has 0 saturated heterocycles. The number of carbonyl (C=O) groups excluding carboxylic acids is 2. The topological polar surface area (TPSA) is 80.3 Å². The molecule has 8 heteroatoms. The van der Waals surface area contributed by atoms with Gasteiger partial charge in [0.1, 0.15) is 0 Å². The molecule has 0 N–H and O–H groups in total. The second-order valence-corrected chi connectivity index (χ2v) is 3.73. The zero-order chi connectivity index (χ0) is 7.98. The van der Waals surface area contributed by atoms with Gasteiger partial charge >= 0.3 is 37.7 Å². The summed E-state index contributed by atoms with van der Waals surface area (Å²) in [5.41, 5.74) is 0. The van der Waals surface area contributed by atoms with Crippen LogP contribution in [0.15, 0.2) is 0 Å². The van der Waals surface area contributed by atoms with Crippen LogP contribution in [0.1, 0.15) is 0 Å². The zero-order valence-electron chi connectivity index (χ0n) is 6.86. The van der Waals surface area contributed by atoms with Crippen LogP contribution in [0, 0.1) is 0 Å². The molecule has 0 rings (SSSR count). The summed E-state index contributed by atoms with van der Waals surface area (Å²) in [6, 6.07) is 0. The van der Waals surface area contributed by atoms with Crippen molar-refractivity contribution in [2.24, 2.45) is 0 Å². The standard InChI is InChI=1S/C4H6O4S2.2Li/c5-3(6)1-9-10-2-4(7)8;;/h1-2H2,(H,5,6)(H,7,8);;/q;2*+1/p-2. The smallest absolute Gasteiger partial charge is 0.549 e. The van der Waals surface area contributed by atoms with E-state index in [0.717, 1.165) is 21.6 Å². The Hall–Kier alpha value is 0.835. The summed E-state index contributed by atoms with van der Waals surface area (Å²) in [6.07, 6.45) is 0. The predicted octanol–water partition coefficient (Wildman–Crippen LogP) is -8.12. The van der Waals surface area contributed by atoms with E-state index in [1.807, 2.05) is 0 Å². The van der Waals surface area contributed by atoms with Crippen molar-refractivity contribution in [3.05, 3.63) is 0 Å². The Balaban J connectivity index is -0.000000405. The number of hydrogen-bond acceptors (Lipinski definition) is 6. The van der Waals surface area contributed by atoms with Crippen molar-refractivity contribution in [3.63, 3.8) is 0 Å². The Kier molecular flexibility index (Phi) is 18.3. The fourth-order valence-corrected chi connectivity index (χ4v) is 1.62. The Bertz CT molecular complexity index is 127. The molecule has 12 heavy (non-hydrogen) atoms. The average molecular weight is 194 g/mol. The van der Waals surface area contributed by atoms with Crippen LogP contribution in [0.3, 0.4) is 0 Å². The van der Waals surface area contributed by atoms with E-state index in [2.05, 4.69) is 0 Å². The van der Waals surface area contributed by atoms with Gasteiger partial charge in [0.2, 0.25) is 0 Å². The van der Waals surface area contributed by atoms with Gasteiger partial charge in [-0.3, -0.25) is 0 Å². The van der Waals surface area contributed by atoms with E-state index in [1.165, 1.54) is 0 Å². The summed E-state index contributed by atoms with van der Waals surface area (Å²) >= 11 is 0. The maximum atomic E-state index is 9.74. The van der Waals surface area contributed by atoms with Gasteiger partial charge in [0, 0.05) is 11.5 Å². The van der Waals surface area contributed by atoms with Crippen LogP contribution >= 0.6 is 21.6 Å². The maximum Gasteiger partial charge on any atom is 1.00 e. The first-order chi connectivity index (χ1) is 4.63. The van der Waals surface area contributed by atoms with Gasteiger partial charge in [-0.15, -0.1) is 0 Å². The van der Waals surface area contributed by atoms with Crippen molar-refractivity contribution in [1.29, 1.82) is 0 Å². The Morgan fingerprint density at radius 3 is 1.33 bits per heavy atom. The molecule has 0 aliphatic carbocycles. The predicted molar refractivity (Wildman–Crippen MR) is 34.9 cm³/mol. The third-order valence-electron chi connectivity index (χ3n) is 0.437. The normalized spacial score (nSPS) is 7.67. The summed E-state index contributed by atoms with van der Waals surface area (Å²) in [4.78, 5) is 19.5. The average Bonchev–Trinajstić information content (AvgIpc) is 1.79. The van der Waals surface area contributed by atoms with Gasteiger partial charge in [0.25, 0.3) is 0 Å². The van der Waals surface area contributed by atoms with Crippen molar-refractivity contribution in [1.82, 2.24) is 0 Å². The van der Waals surface area contributed by atoms with Gasteiger partial charge in [0.05, 0.1) is 11.9 Å². The van der Waals surface area contributed by atoms with Crippen LogP contribution < -0.4 is 47.9 Å². The van der Waals surface area contributed by atoms with Crippen molar-refractivity contribution in [2.45, 2.75) is 0 Å². The van der Waals surface area contributed by atoms with Crippen molar-refractivity contribution in [3.8, 4) is 0 Å². The van der Waals surface area contributed by atoms with Crippen LogP contribution in [-0.2, 0) is 9.59 Å². The molecule has 0 amide bonds. The largest absolute Gasteiger partial charge is 1.00 e.